The molecule has 0 aromatic heterocycles. The molecule has 0 radical (unpaired) electrons. The second-order valence-electron chi connectivity index (χ2n) is 7.38. The van der Waals surface area contributed by atoms with Crippen LogP contribution in [-0.2, 0) is 14.4 Å². The van der Waals surface area contributed by atoms with Crippen molar-refractivity contribution in [1.82, 2.24) is 4.90 Å². The van der Waals surface area contributed by atoms with E-state index in [0.29, 0.717) is 6.42 Å². The van der Waals surface area contributed by atoms with E-state index >= 15 is 0 Å². The van der Waals surface area contributed by atoms with Gasteiger partial charge >= 0.3 is 0 Å². The number of ether oxygens (including phenoxy) is 1. The second-order valence-corrected chi connectivity index (χ2v) is 7.38. The van der Waals surface area contributed by atoms with Gasteiger partial charge in [-0.3, -0.25) is 9.59 Å². The molecule has 0 bridgehead atoms. The third kappa shape index (κ3) is 5.70. The number of carbonyl (C=O) groups is 4. The molecule has 1 unspecified atom stereocenters. The van der Waals surface area contributed by atoms with Gasteiger partial charge in [-0.1, -0.05) is 42.5 Å². The predicted octanol–water partition coefficient (Wildman–Crippen LogP) is -0.754. The first-order valence-corrected chi connectivity index (χ1v) is 10.1. The summed E-state index contributed by atoms with van der Waals surface area (Å²) in [5, 5.41) is 17.9. The smallest absolute Gasteiger partial charge is 0.265 e. The molecule has 9 nitrogen and oxygen atoms in total. The van der Waals surface area contributed by atoms with Crippen molar-refractivity contribution in [2.45, 2.75) is 18.9 Å². The van der Waals surface area contributed by atoms with Gasteiger partial charge in [0.1, 0.15) is 5.75 Å². The van der Waals surface area contributed by atoms with Gasteiger partial charge < -0.3 is 34.3 Å². The molecule has 2 heterocycles. The predicted molar refractivity (Wildman–Crippen MR) is 110 cm³/mol. The number of para-hydroxylation sites is 2. The monoisotopic (exact) mass is 438 g/mol. The first-order valence-electron chi connectivity index (χ1n) is 10.1. The van der Waals surface area contributed by atoms with Crippen LogP contribution in [0.15, 0.2) is 54.6 Å². The van der Waals surface area contributed by atoms with Crippen molar-refractivity contribution in [3.8, 4) is 5.75 Å². The van der Waals surface area contributed by atoms with Gasteiger partial charge in [0.25, 0.3) is 5.91 Å². The molecule has 9 heteroatoms. The van der Waals surface area contributed by atoms with Crippen LogP contribution in [-0.4, -0.2) is 60.8 Å². The lowest BCUT2D eigenvalue weighted by Crippen LogP contribution is -2.47. The maximum absolute atomic E-state index is 12.4. The average molecular weight is 438 g/mol. The fourth-order valence-corrected chi connectivity index (χ4v) is 3.78. The summed E-state index contributed by atoms with van der Waals surface area (Å²) in [6.07, 6.45) is 1.42. The number of carbonyl (C=O) groups excluding carboxylic acids is 4. The standard InChI is InChI=1S/C21H22N2O3.C2H2O4/c24-19(16-6-2-1-3-7-16)11-13-22-12-10-17(14-22)23-18-8-4-5-9-20(18)26-15-21(23)25;3-1(4)2(5)6/h1-9,17H,10-15H2;(H,3,4)(H,5,6)/p-2. The Morgan fingerprint density at radius 2 is 1.62 bits per heavy atom. The van der Waals surface area contributed by atoms with Crippen molar-refractivity contribution in [3.63, 3.8) is 0 Å². The average Bonchev–Trinajstić information content (AvgIpc) is 3.26. The number of hydrogen-bond donors (Lipinski definition) is 0. The maximum Gasteiger partial charge on any atom is 0.265 e. The number of amides is 1. The van der Waals surface area contributed by atoms with Gasteiger partial charge in [0, 0.05) is 31.6 Å². The molecule has 4 rings (SSSR count). The van der Waals surface area contributed by atoms with Crippen molar-refractivity contribution in [1.29, 1.82) is 0 Å². The number of aliphatic carboxylic acids is 2. The normalized spacial score (nSPS) is 17.6. The lowest BCUT2D eigenvalue weighted by molar-refractivity contribution is -0.345. The Balaban J connectivity index is 0.000000427. The van der Waals surface area contributed by atoms with E-state index < -0.39 is 11.9 Å². The summed E-state index contributed by atoms with van der Waals surface area (Å²) in [5.41, 5.74) is 1.62. The molecular weight excluding hydrogens is 416 g/mol. The fraction of sp³-hybridized carbons (Fsp3) is 0.304. The van der Waals surface area contributed by atoms with Crippen LogP contribution in [0.2, 0.25) is 0 Å². The van der Waals surface area contributed by atoms with Crippen molar-refractivity contribution in [2.75, 3.05) is 31.1 Å². The molecule has 0 saturated carbocycles. The number of ketones is 1. The highest BCUT2D eigenvalue weighted by Gasteiger charge is 2.35. The number of likely N-dealkylation sites (tertiary alicyclic amines) is 1. The number of nitrogens with zero attached hydrogens (tertiary/aromatic N) is 2. The van der Waals surface area contributed by atoms with Gasteiger partial charge in [-0.05, 0) is 18.6 Å². The van der Waals surface area contributed by atoms with Gasteiger partial charge in [-0.2, -0.15) is 0 Å². The lowest BCUT2D eigenvalue weighted by Gasteiger charge is -2.34. The molecule has 0 aliphatic carbocycles. The molecule has 0 spiro atoms. The van der Waals surface area contributed by atoms with Gasteiger partial charge in [0.2, 0.25) is 0 Å². The molecule has 1 atom stereocenters. The number of carboxylic acid groups (broad SMARTS) is 2. The van der Waals surface area contributed by atoms with Gasteiger partial charge in [-0.15, -0.1) is 0 Å². The zero-order valence-electron chi connectivity index (χ0n) is 17.3. The molecule has 1 fully saturated rings. The van der Waals surface area contributed by atoms with Crippen molar-refractivity contribution in [3.05, 3.63) is 60.2 Å². The number of fused-ring (bicyclic) bond motifs is 1. The Morgan fingerprint density at radius 1 is 0.969 bits per heavy atom. The van der Waals surface area contributed by atoms with Crippen LogP contribution < -0.4 is 19.8 Å². The number of anilines is 1. The summed E-state index contributed by atoms with van der Waals surface area (Å²) in [4.78, 5) is 46.7. The van der Waals surface area contributed by atoms with Gasteiger partial charge in [0.15, 0.2) is 12.4 Å². The first-order chi connectivity index (χ1) is 15.4. The van der Waals surface area contributed by atoms with Crippen LogP contribution in [0.4, 0.5) is 5.69 Å². The second kappa shape index (κ2) is 10.5. The Labute approximate surface area is 184 Å². The molecule has 32 heavy (non-hydrogen) atoms. The summed E-state index contributed by atoms with van der Waals surface area (Å²) < 4.78 is 5.53. The van der Waals surface area contributed by atoms with Crippen molar-refractivity contribution >= 4 is 29.3 Å². The first kappa shape index (κ1) is 23.0. The molecule has 2 aliphatic rings. The van der Waals surface area contributed by atoms with E-state index in [0.717, 1.165) is 43.1 Å². The lowest BCUT2D eigenvalue weighted by atomic mass is 10.1. The van der Waals surface area contributed by atoms with E-state index in [1.54, 1.807) is 0 Å². The van der Waals surface area contributed by atoms with E-state index in [2.05, 4.69) is 4.90 Å². The third-order valence-corrected chi connectivity index (χ3v) is 5.27. The van der Waals surface area contributed by atoms with Gasteiger partial charge in [-0.25, -0.2) is 0 Å². The molecule has 1 amide bonds. The van der Waals surface area contributed by atoms with Crippen molar-refractivity contribution in [2.24, 2.45) is 0 Å². The number of benzene rings is 2. The van der Waals surface area contributed by atoms with E-state index in [4.69, 9.17) is 24.5 Å². The zero-order chi connectivity index (χ0) is 23.1. The van der Waals surface area contributed by atoms with E-state index in [1.165, 1.54) is 0 Å². The number of hydrogen-bond acceptors (Lipinski definition) is 8. The molecule has 2 aliphatic heterocycles. The Morgan fingerprint density at radius 3 is 2.31 bits per heavy atom. The number of carboxylic acids is 2. The van der Waals surface area contributed by atoms with Crippen LogP contribution in [0.1, 0.15) is 23.2 Å². The quantitative estimate of drug-likeness (QED) is 0.440. The van der Waals surface area contributed by atoms with Crippen LogP contribution in [0.25, 0.3) is 0 Å². The minimum atomic E-state index is -2.19. The topological polar surface area (TPSA) is 130 Å². The zero-order valence-corrected chi connectivity index (χ0v) is 17.3. The van der Waals surface area contributed by atoms with Crippen LogP contribution in [0.5, 0.6) is 5.75 Å². The molecule has 2 aromatic rings. The highest BCUT2D eigenvalue weighted by Crippen LogP contribution is 2.34. The Bertz CT molecular complexity index is 981. The molecule has 0 N–H and O–H groups in total. The van der Waals surface area contributed by atoms with E-state index in [-0.39, 0.29) is 24.3 Å². The maximum atomic E-state index is 12.4. The van der Waals surface area contributed by atoms with Crippen molar-refractivity contribution < 1.29 is 34.1 Å². The van der Waals surface area contributed by atoms with Crippen LogP contribution >= 0.6 is 0 Å². The highest BCUT2D eigenvalue weighted by atomic mass is 16.5. The Hall–Kier alpha value is -3.72. The fourth-order valence-electron chi connectivity index (χ4n) is 3.78. The summed E-state index contributed by atoms with van der Waals surface area (Å²) >= 11 is 0. The highest BCUT2D eigenvalue weighted by molar-refractivity contribution is 6.25. The SMILES string of the molecule is O=C(CCN1CCC(N2C(=O)COc3ccccc32)C1)c1ccccc1.O=C([O-])C(=O)[O-]. The van der Waals surface area contributed by atoms with Crippen LogP contribution in [0.3, 0.4) is 0 Å². The number of rotatable bonds is 5. The minimum absolute atomic E-state index is 0.0101. The molecule has 1 saturated heterocycles. The number of Topliss-reactive ketones (excluding diaryl/α,β-unsaturated/α-hetero) is 1. The molecular formula is C23H22N2O7-2. The van der Waals surface area contributed by atoms with E-state index in [9.17, 15) is 9.59 Å². The molecule has 2 aromatic carbocycles. The Kier molecular flexibility index (Phi) is 7.56. The summed E-state index contributed by atoms with van der Waals surface area (Å²) in [6, 6.07) is 17.2. The van der Waals surface area contributed by atoms with E-state index in [1.807, 2.05) is 59.5 Å². The van der Waals surface area contributed by atoms with Gasteiger partial charge in [0.05, 0.1) is 23.7 Å². The minimum Gasteiger partial charge on any atom is -0.543 e. The summed E-state index contributed by atoms with van der Waals surface area (Å²) in [7, 11) is 0. The largest absolute Gasteiger partial charge is 0.543 e. The summed E-state index contributed by atoms with van der Waals surface area (Å²) in [6.45, 7) is 2.52. The van der Waals surface area contributed by atoms with Crippen LogP contribution in [0, 0.1) is 0 Å². The third-order valence-electron chi connectivity index (χ3n) is 5.27. The summed E-state index contributed by atoms with van der Waals surface area (Å²) in [5.74, 6) is -3.42. The molecule has 168 valence electrons.